The molecular weight excluding hydrogens is 414 g/mol. The van der Waals surface area contributed by atoms with Crippen LogP contribution in [0.5, 0.6) is 0 Å². The van der Waals surface area contributed by atoms with E-state index in [0.717, 1.165) is 6.20 Å². The molecule has 9 heteroatoms. The Kier molecular flexibility index (Phi) is 5.09. The number of nitrogens with zero attached hydrogens (tertiary/aromatic N) is 2. The Morgan fingerprint density at radius 2 is 1.84 bits per heavy atom. The van der Waals surface area contributed by atoms with Crippen molar-refractivity contribution < 1.29 is 22.4 Å². The summed E-state index contributed by atoms with van der Waals surface area (Å²) >= 11 is 0. The molecule has 2 aromatic carbocycles. The molecule has 1 aromatic heterocycles. The molecule has 1 aliphatic rings. The van der Waals surface area contributed by atoms with Gasteiger partial charge in [-0.15, -0.1) is 0 Å². The topological polar surface area (TPSA) is 68.3 Å². The number of rotatable bonds is 5. The molecule has 1 saturated carbocycles. The number of primary amides is 1. The van der Waals surface area contributed by atoms with Gasteiger partial charge in [-0.2, -0.15) is 0 Å². The van der Waals surface area contributed by atoms with Crippen LogP contribution < -0.4 is 11.2 Å². The summed E-state index contributed by atoms with van der Waals surface area (Å²) in [5.41, 5.74) is 4.88. The van der Waals surface area contributed by atoms with E-state index in [1.54, 1.807) is 11.9 Å². The van der Waals surface area contributed by atoms with Gasteiger partial charge in [-0.1, -0.05) is 0 Å². The first kappa shape index (κ1) is 21.0. The fourth-order valence-corrected chi connectivity index (χ4v) is 3.90. The lowest BCUT2D eigenvalue weighted by atomic mass is 9.87. The van der Waals surface area contributed by atoms with Gasteiger partial charge in [-0.3, -0.25) is 14.5 Å². The molecule has 162 valence electrons. The van der Waals surface area contributed by atoms with Crippen LogP contribution in [0, 0.1) is 11.6 Å². The molecule has 0 unspecified atom stereocenters. The van der Waals surface area contributed by atoms with Gasteiger partial charge >= 0.3 is 0 Å². The number of pyridine rings is 1. The van der Waals surface area contributed by atoms with Crippen LogP contribution >= 0.6 is 0 Å². The third kappa shape index (κ3) is 3.93. The van der Waals surface area contributed by atoms with E-state index in [2.05, 4.69) is 0 Å². The first-order valence-corrected chi connectivity index (χ1v) is 9.57. The van der Waals surface area contributed by atoms with E-state index in [4.69, 9.17) is 5.73 Å². The predicted molar refractivity (Wildman–Crippen MR) is 107 cm³/mol. The largest absolute Gasteiger partial charge is 0.365 e. The van der Waals surface area contributed by atoms with Crippen molar-refractivity contribution in [2.24, 2.45) is 5.73 Å². The Balaban J connectivity index is 1.83. The van der Waals surface area contributed by atoms with Crippen molar-refractivity contribution in [3.05, 3.63) is 75.6 Å². The summed E-state index contributed by atoms with van der Waals surface area (Å²) in [6, 6.07) is 7.39. The van der Waals surface area contributed by atoms with E-state index in [-0.39, 0.29) is 41.9 Å². The van der Waals surface area contributed by atoms with E-state index < -0.39 is 28.9 Å². The SMILES string of the molecule is CN(Cc1cc(F)c2c(c1)c(=O)c(C(N)=O)cn2-c1ccc(F)cc1)C1CC(F)(F)C1. The highest BCUT2D eigenvalue weighted by Crippen LogP contribution is 2.40. The smallest absolute Gasteiger partial charge is 0.254 e. The van der Waals surface area contributed by atoms with Crippen LogP contribution in [0.2, 0.25) is 0 Å². The number of fused-ring (bicyclic) bond motifs is 1. The zero-order chi connectivity index (χ0) is 22.5. The highest BCUT2D eigenvalue weighted by atomic mass is 19.3. The van der Waals surface area contributed by atoms with E-state index >= 15 is 4.39 Å². The number of nitrogens with two attached hydrogens (primary N) is 1. The average Bonchev–Trinajstić information content (AvgIpc) is 2.67. The second-order valence-electron chi connectivity index (χ2n) is 7.89. The zero-order valence-corrected chi connectivity index (χ0v) is 16.5. The normalized spacial score (nSPS) is 15.9. The molecule has 2 N–H and O–H groups in total. The van der Waals surface area contributed by atoms with Crippen molar-refractivity contribution in [1.82, 2.24) is 9.47 Å². The number of carbonyl (C=O) groups is 1. The summed E-state index contributed by atoms with van der Waals surface area (Å²) in [6.45, 7) is 0.143. The van der Waals surface area contributed by atoms with Crippen molar-refractivity contribution in [3.8, 4) is 5.69 Å². The van der Waals surface area contributed by atoms with Gasteiger partial charge in [0.2, 0.25) is 5.43 Å². The number of carbonyl (C=O) groups excluding carboxylic acids is 1. The number of hydrogen-bond donors (Lipinski definition) is 1. The first-order chi connectivity index (χ1) is 14.6. The van der Waals surface area contributed by atoms with Crippen LogP contribution in [0.25, 0.3) is 16.6 Å². The summed E-state index contributed by atoms with van der Waals surface area (Å²) in [5, 5.41) is -0.0806. The van der Waals surface area contributed by atoms with Crippen molar-refractivity contribution >= 4 is 16.8 Å². The molecule has 1 aliphatic carbocycles. The van der Waals surface area contributed by atoms with Crippen LogP contribution in [0.4, 0.5) is 17.6 Å². The average molecular weight is 433 g/mol. The van der Waals surface area contributed by atoms with Crippen molar-refractivity contribution in [2.45, 2.75) is 31.4 Å². The third-order valence-electron chi connectivity index (χ3n) is 5.61. The van der Waals surface area contributed by atoms with Gasteiger partial charge in [0.05, 0.1) is 10.9 Å². The molecule has 5 nitrogen and oxygen atoms in total. The van der Waals surface area contributed by atoms with Gasteiger partial charge < -0.3 is 10.3 Å². The number of aromatic nitrogens is 1. The first-order valence-electron chi connectivity index (χ1n) is 9.57. The van der Waals surface area contributed by atoms with Crippen LogP contribution in [0.3, 0.4) is 0 Å². The highest BCUT2D eigenvalue weighted by Gasteiger charge is 2.46. The maximum atomic E-state index is 15.2. The van der Waals surface area contributed by atoms with Crippen LogP contribution in [-0.2, 0) is 6.54 Å². The summed E-state index contributed by atoms with van der Waals surface area (Å²) in [6.07, 6.45) is 0.580. The highest BCUT2D eigenvalue weighted by molar-refractivity contribution is 5.96. The lowest BCUT2D eigenvalue weighted by Crippen LogP contribution is -2.48. The molecule has 4 rings (SSSR count). The number of benzene rings is 2. The van der Waals surface area contributed by atoms with E-state index in [1.165, 1.54) is 41.0 Å². The molecule has 0 spiro atoms. The fourth-order valence-electron chi connectivity index (χ4n) is 3.90. The van der Waals surface area contributed by atoms with Gasteiger partial charge in [0, 0.05) is 37.3 Å². The second kappa shape index (κ2) is 7.49. The summed E-state index contributed by atoms with van der Waals surface area (Å²) in [5.74, 6) is -4.91. The predicted octanol–water partition coefficient (Wildman–Crippen LogP) is 3.60. The van der Waals surface area contributed by atoms with E-state index in [0.29, 0.717) is 11.3 Å². The molecule has 3 aromatic rings. The quantitative estimate of drug-likeness (QED) is 0.626. The van der Waals surface area contributed by atoms with E-state index in [9.17, 15) is 22.8 Å². The van der Waals surface area contributed by atoms with Crippen molar-refractivity contribution in [3.63, 3.8) is 0 Å². The Bertz CT molecular complexity index is 1230. The van der Waals surface area contributed by atoms with Crippen molar-refractivity contribution in [2.75, 3.05) is 7.05 Å². The minimum Gasteiger partial charge on any atom is -0.365 e. The Labute approximate surface area is 174 Å². The minimum absolute atomic E-state index is 0.0806. The molecule has 0 bridgehead atoms. The summed E-state index contributed by atoms with van der Waals surface area (Å²) in [7, 11) is 1.65. The maximum absolute atomic E-state index is 15.2. The Morgan fingerprint density at radius 1 is 1.19 bits per heavy atom. The van der Waals surface area contributed by atoms with Crippen LogP contribution in [0.1, 0.15) is 28.8 Å². The van der Waals surface area contributed by atoms with Crippen LogP contribution in [0.15, 0.2) is 47.4 Å². The molecule has 0 radical (unpaired) electrons. The molecule has 31 heavy (non-hydrogen) atoms. The second-order valence-corrected chi connectivity index (χ2v) is 7.89. The molecule has 1 amide bonds. The lowest BCUT2D eigenvalue weighted by Gasteiger charge is -2.40. The van der Waals surface area contributed by atoms with Gasteiger partial charge in [0.15, 0.2) is 0 Å². The molecule has 0 saturated heterocycles. The number of halogens is 4. The van der Waals surface area contributed by atoms with Crippen LogP contribution in [-0.4, -0.2) is 34.4 Å². The lowest BCUT2D eigenvalue weighted by molar-refractivity contribution is -0.121. The molecule has 0 atom stereocenters. The molecule has 1 heterocycles. The van der Waals surface area contributed by atoms with Gasteiger partial charge in [0.1, 0.15) is 17.2 Å². The monoisotopic (exact) mass is 433 g/mol. The third-order valence-corrected chi connectivity index (χ3v) is 5.61. The summed E-state index contributed by atoms with van der Waals surface area (Å²) < 4.78 is 56.1. The van der Waals surface area contributed by atoms with Gasteiger partial charge in [-0.25, -0.2) is 17.6 Å². The van der Waals surface area contributed by atoms with E-state index in [1.807, 2.05) is 0 Å². The van der Waals surface area contributed by atoms with Crippen molar-refractivity contribution in [1.29, 1.82) is 0 Å². The zero-order valence-electron chi connectivity index (χ0n) is 16.5. The number of hydrogen-bond acceptors (Lipinski definition) is 3. The van der Waals surface area contributed by atoms with Gasteiger partial charge in [-0.05, 0) is 49.0 Å². The standard InChI is InChI=1S/C22H19F4N3O2/c1-28(15-8-22(25,26)9-15)10-12-6-16-19(18(24)7-12)29(11-17(20(16)30)21(27)31)14-4-2-13(23)3-5-14/h2-7,11,15H,8-10H2,1H3,(H2,27,31). The Morgan fingerprint density at radius 3 is 2.42 bits per heavy atom. The fraction of sp³-hybridized carbons (Fsp3) is 0.273. The molecular formula is C22H19F4N3O2. The number of amides is 1. The van der Waals surface area contributed by atoms with Gasteiger partial charge in [0.25, 0.3) is 11.8 Å². The minimum atomic E-state index is -2.69. The molecule has 1 fully saturated rings. The maximum Gasteiger partial charge on any atom is 0.254 e. The Hall–Kier alpha value is -3.20. The summed E-state index contributed by atoms with van der Waals surface area (Å²) in [4.78, 5) is 26.3. The number of alkyl halides is 2. The molecule has 0 aliphatic heterocycles.